The SMILES string of the molecule is COC1C2C=CC(CC2)C1O. The molecule has 2 nitrogen and oxygen atoms in total. The van der Waals surface area contributed by atoms with Crippen molar-refractivity contribution in [2.24, 2.45) is 11.8 Å². The van der Waals surface area contributed by atoms with Crippen molar-refractivity contribution in [3.63, 3.8) is 0 Å². The molecule has 0 aliphatic heterocycles. The third kappa shape index (κ3) is 1.01. The predicted octanol–water partition coefficient (Wildman–Crippen LogP) is 0.958. The van der Waals surface area contributed by atoms with Crippen LogP contribution < -0.4 is 0 Å². The van der Waals surface area contributed by atoms with Crippen molar-refractivity contribution < 1.29 is 9.84 Å². The Hall–Kier alpha value is -0.340. The van der Waals surface area contributed by atoms with E-state index in [9.17, 15) is 5.11 Å². The van der Waals surface area contributed by atoms with Crippen molar-refractivity contribution in [2.75, 3.05) is 7.11 Å². The summed E-state index contributed by atoms with van der Waals surface area (Å²) in [5.41, 5.74) is 0. The van der Waals surface area contributed by atoms with Crippen molar-refractivity contribution >= 4 is 0 Å². The Bertz CT molecular complexity index is 176. The number of ether oxygens (including phenoxy) is 1. The fourth-order valence-electron chi connectivity index (χ4n) is 2.23. The molecule has 0 saturated heterocycles. The summed E-state index contributed by atoms with van der Waals surface area (Å²) in [6.45, 7) is 0. The van der Waals surface area contributed by atoms with Gasteiger partial charge in [-0.3, -0.25) is 0 Å². The third-order valence-electron chi connectivity index (χ3n) is 2.91. The molecular formula is C9H14O2. The van der Waals surface area contributed by atoms with Crippen LogP contribution in [-0.2, 0) is 4.74 Å². The van der Waals surface area contributed by atoms with Crippen LogP contribution in [0.3, 0.4) is 0 Å². The van der Waals surface area contributed by atoms with E-state index in [0.717, 1.165) is 6.42 Å². The summed E-state index contributed by atoms with van der Waals surface area (Å²) in [5, 5.41) is 9.68. The van der Waals surface area contributed by atoms with Gasteiger partial charge in [0.15, 0.2) is 0 Å². The molecule has 4 unspecified atom stereocenters. The van der Waals surface area contributed by atoms with Crippen LogP contribution in [-0.4, -0.2) is 24.4 Å². The molecule has 4 atom stereocenters. The summed E-state index contributed by atoms with van der Waals surface area (Å²) in [4.78, 5) is 0. The molecule has 2 bridgehead atoms. The zero-order valence-corrected chi connectivity index (χ0v) is 6.73. The van der Waals surface area contributed by atoms with Crippen molar-refractivity contribution in [3.8, 4) is 0 Å². The number of hydrogen-bond acceptors (Lipinski definition) is 2. The quantitative estimate of drug-likeness (QED) is 0.570. The maximum absolute atomic E-state index is 9.68. The van der Waals surface area contributed by atoms with Crippen LogP contribution in [0.5, 0.6) is 0 Å². The van der Waals surface area contributed by atoms with Crippen molar-refractivity contribution in [2.45, 2.75) is 25.0 Å². The van der Waals surface area contributed by atoms with Crippen LogP contribution in [0.2, 0.25) is 0 Å². The topological polar surface area (TPSA) is 29.5 Å². The highest BCUT2D eigenvalue weighted by Gasteiger charge is 2.39. The number of hydrogen-bond donors (Lipinski definition) is 1. The summed E-state index contributed by atoms with van der Waals surface area (Å²) >= 11 is 0. The molecule has 3 rings (SSSR count). The fraction of sp³-hybridized carbons (Fsp3) is 0.778. The van der Waals surface area contributed by atoms with Gasteiger partial charge >= 0.3 is 0 Å². The van der Waals surface area contributed by atoms with E-state index >= 15 is 0 Å². The second-order valence-corrected chi connectivity index (χ2v) is 3.48. The minimum Gasteiger partial charge on any atom is -0.390 e. The minimum atomic E-state index is -0.260. The first-order valence-corrected chi connectivity index (χ1v) is 4.22. The lowest BCUT2D eigenvalue weighted by atomic mass is 9.72. The Morgan fingerprint density at radius 1 is 1.27 bits per heavy atom. The van der Waals surface area contributed by atoms with Crippen molar-refractivity contribution in [1.82, 2.24) is 0 Å². The molecule has 0 aromatic rings. The number of rotatable bonds is 1. The van der Waals surface area contributed by atoms with Crippen LogP contribution in [0.25, 0.3) is 0 Å². The molecule has 0 amide bonds. The average molecular weight is 154 g/mol. The number of fused-ring (bicyclic) bond motifs is 2. The van der Waals surface area contributed by atoms with Crippen molar-refractivity contribution in [3.05, 3.63) is 12.2 Å². The van der Waals surface area contributed by atoms with E-state index in [4.69, 9.17) is 4.74 Å². The molecule has 1 N–H and O–H groups in total. The molecule has 1 fully saturated rings. The first-order chi connectivity index (χ1) is 5.33. The maximum Gasteiger partial charge on any atom is 0.0898 e. The summed E-state index contributed by atoms with van der Waals surface area (Å²) in [5.74, 6) is 0.810. The normalized spacial score (nSPS) is 48.2. The van der Waals surface area contributed by atoms with Gasteiger partial charge in [0, 0.05) is 18.9 Å². The Labute approximate surface area is 66.9 Å². The van der Waals surface area contributed by atoms with Crippen LogP contribution in [0.1, 0.15) is 12.8 Å². The molecule has 62 valence electrons. The van der Waals surface area contributed by atoms with Gasteiger partial charge in [0.2, 0.25) is 0 Å². The van der Waals surface area contributed by atoms with Gasteiger partial charge in [-0.1, -0.05) is 12.2 Å². The molecule has 0 aromatic heterocycles. The molecule has 0 spiro atoms. The van der Waals surface area contributed by atoms with Crippen molar-refractivity contribution in [1.29, 1.82) is 0 Å². The summed E-state index contributed by atoms with van der Waals surface area (Å²) in [6.07, 6.45) is 6.42. The number of aliphatic hydroxyl groups is 1. The van der Waals surface area contributed by atoms with Gasteiger partial charge in [0.05, 0.1) is 12.2 Å². The molecule has 1 saturated carbocycles. The highest BCUT2D eigenvalue weighted by atomic mass is 16.5. The van der Waals surface area contributed by atoms with Gasteiger partial charge in [0.25, 0.3) is 0 Å². The second kappa shape index (κ2) is 2.61. The maximum atomic E-state index is 9.68. The fourth-order valence-corrected chi connectivity index (χ4v) is 2.23. The Morgan fingerprint density at radius 2 is 1.91 bits per heavy atom. The average Bonchev–Trinajstić information content (AvgIpc) is 2.06. The van der Waals surface area contributed by atoms with Crippen LogP contribution in [0, 0.1) is 11.8 Å². The molecule has 3 aliphatic carbocycles. The second-order valence-electron chi connectivity index (χ2n) is 3.48. The summed E-state index contributed by atoms with van der Waals surface area (Å²) in [6, 6.07) is 0. The lowest BCUT2D eigenvalue weighted by Crippen LogP contribution is -2.46. The van der Waals surface area contributed by atoms with E-state index in [2.05, 4.69) is 12.2 Å². The first kappa shape index (κ1) is 7.32. The van der Waals surface area contributed by atoms with Gasteiger partial charge < -0.3 is 9.84 Å². The lowest BCUT2D eigenvalue weighted by molar-refractivity contribution is -0.0826. The Morgan fingerprint density at radius 3 is 2.27 bits per heavy atom. The molecule has 3 aliphatic rings. The van der Waals surface area contributed by atoms with E-state index < -0.39 is 0 Å². The van der Waals surface area contributed by atoms with Crippen LogP contribution in [0.4, 0.5) is 0 Å². The Kier molecular flexibility index (Phi) is 1.74. The zero-order chi connectivity index (χ0) is 7.84. The van der Waals surface area contributed by atoms with E-state index in [1.807, 2.05) is 0 Å². The predicted molar refractivity (Wildman–Crippen MR) is 42.2 cm³/mol. The summed E-state index contributed by atoms with van der Waals surface area (Å²) < 4.78 is 5.24. The highest BCUT2D eigenvalue weighted by molar-refractivity contribution is 5.10. The number of aliphatic hydroxyl groups excluding tert-OH is 1. The van der Waals surface area contributed by atoms with E-state index in [1.54, 1.807) is 7.11 Å². The standard InChI is InChI=1S/C9H14O2/c1-11-9-7-4-2-6(3-5-7)8(9)10/h2,4,6-10H,3,5H2,1H3. The van der Waals surface area contributed by atoms with Crippen LogP contribution >= 0.6 is 0 Å². The molecular weight excluding hydrogens is 140 g/mol. The first-order valence-electron chi connectivity index (χ1n) is 4.22. The van der Waals surface area contributed by atoms with Crippen LogP contribution in [0.15, 0.2) is 12.2 Å². The van der Waals surface area contributed by atoms with E-state index in [-0.39, 0.29) is 12.2 Å². The molecule has 0 radical (unpaired) electrons. The Balaban J connectivity index is 2.19. The molecule has 0 heterocycles. The molecule has 11 heavy (non-hydrogen) atoms. The molecule has 0 aromatic carbocycles. The van der Waals surface area contributed by atoms with E-state index in [0.29, 0.717) is 11.8 Å². The highest BCUT2D eigenvalue weighted by Crippen LogP contribution is 2.37. The lowest BCUT2D eigenvalue weighted by Gasteiger charge is -2.41. The summed E-state index contributed by atoms with van der Waals surface area (Å²) in [7, 11) is 1.68. The smallest absolute Gasteiger partial charge is 0.0898 e. The van der Waals surface area contributed by atoms with Gasteiger partial charge in [-0.15, -0.1) is 0 Å². The van der Waals surface area contributed by atoms with E-state index in [1.165, 1.54) is 6.42 Å². The largest absolute Gasteiger partial charge is 0.390 e. The van der Waals surface area contributed by atoms with Gasteiger partial charge in [0.1, 0.15) is 0 Å². The third-order valence-corrected chi connectivity index (χ3v) is 2.91. The van der Waals surface area contributed by atoms with Gasteiger partial charge in [-0.2, -0.15) is 0 Å². The van der Waals surface area contributed by atoms with Gasteiger partial charge in [-0.05, 0) is 12.8 Å². The number of methoxy groups -OCH3 is 1. The van der Waals surface area contributed by atoms with Gasteiger partial charge in [-0.25, -0.2) is 0 Å². The zero-order valence-electron chi connectivity index (χ0n) is 6.73. The minimum absolute atomic E-state index is 0.0544. The molecule has 2 heteroatoms. The monoisotopic (exact) mass is 154 g/mol.